The summed E-state index contributed by atoms with van der Waals surface area (Å²) in [4.78, 5) is 23.1. The molecule has 1 unspecified atom stereocenters. The summed E-state index contributed by atoms with van der Waals surface area (Å²) in [6.07, 6.45) is 40.0. The normalized spacial score (nSPS) is 16.2. The van der Waals surface area contributed by atoms with Gasteiger partial charge in [0.25, 0.3) is 0 Å². The van der Waals surface area contributed by atoms with Crippen LogP contribution in [-0.2, 0) is 18.4 Å². The molecular formula is C45H82N2O8P+. The molecule has 1 amide bonds. The molecule has 0 spiro atoms. The summed E-state index contributed by atoms with van der Waals surface area (Å²) in [5.41, 5.74) is 0. The summed E-state index contributed by atoms with van der Waals surface area (Å²) in [5, 5.41) is 33.8. The van der Waals surface area contributed by atoms with Crippen molar-refractivity contribution in [2.24, 2.45) is 0 Å². The van der Waals surface area contributed by atoms with Crippen LogP contribution in [-0.4, -0.2) is 95.9 Å². The Labute approximate surface area is 341 Å². The monoisotopic (exact) mass is 810 g/mol. The number of amides is 1. The van der Waals surface area contributed by atoms with Gasteiger partial charge in [-0.3, -0.25) is 13.8 Å². The Morgan fingerprint density at radius 3 is 1.75 bits per heavy atom. The number of hydrogen-bond donors (Lipinski definition) is 5. The van der Waals surface area contributed by atoms with E-state index in [2.05, 4.69) is 19.2 Å². The Morgan fingerprint density at radius 1 is 0.696 bits per heavy atom. The van der Waals surface area contributed by atoms with Crippen LogP contribution in [0.2, 0.25) is 0 Å². The van der Waals surface area contributed by atoms with E-state index in [-0.39, 0.29) is 25.5 Å². The van der Waals surface area contributed by atoms with Crippen molar-refractivity contribution in [2.75, 3.05) is 40.9 Å². The lowest BCUT2D eigenvalue weighted by molar-refractivity contribution is -0.870. The molecule has 0 rings (SSSR count). The number of aliphatic hydroxyl groups is 3. The van der Waals surface area contributed by atoms with Crippen molar-refractivity contribution in [3.8, 4) is 0 Å². The maximum atomic E-state index is 12.8. The van der Waals surface area contributed by atoms with Crippen LogP contribution in [0.3, 0.4) is 0 Å². The van der Waals surface area contributed by atoms with E-state index in [1.165, 1.54) is 64.2 Å². The molecule has 11 heteroatoms. The number of allylic oxidation sites excluding steroid dienone is 8. The molecule has 10 nitrogen and oxygen atoms in total. The number of carbonyl (C=O) groups is 1. The highest BCUT2D eigenvalue weighted by atomic mass is 31.2. The molecule has 0 aliphatic heterocycles. The Morgan fingerprint density at radius 2 is 1.21 bits per heavy atom. The summed E-state index contributed by atoms with van der Waals surface area (Å²) in [6.45, 7) is 4.52. The first-order valence-electron chi connectivity index (χ1n) is 21.5. The van der Waals surface area contributed by atoms with Crippen molar-refractivity contribution in [1.29, 1.82) is 0 Å². The molecular weight excluding hydrogens is 727 g/mol. The lowest BCUT2D eigenvalue weighted by atomic mass is 10.0. The first-order valence-corrected chi connectivity index (χ1v) is 23.0. The largest absolute Gasteiger partial charge is 0.472 e. The van der Waals surface area contributed by atoms with Gasteiger partial charge in [0.05, 0.1) is 52.1 Å². The predicted octanol–water partition coefficient (Wildman–Crippen LogP) is 9.57. The number of quaternary nitrogens is 1. The molecule has 0 aromatic carbocycles. The first kappa shape index (κ1) is 53.9. The van der Waals surface area contributed by atoms with Gasteiger partial charge in [0.15, 0.2) is 0 Å². The lowest BCUT2D eigenvalue weighted by Crippen LogP contribution is -2.46. The van der Waals surface area contributed by atoms with E-state index in [1.807, 2.05) is 69.8 Å². The molecule has 0 aromatic rings. The molecule has 56 heavy (non-hydrogen) atoms. The van der Waals surface area contributed by atoms with E-state index in [4.69, 9.17) is 9.05 Å². The van der Waals surface area contributed by atoms with Crippen LogP contribution in [0.15, 0.2) is 72.9 Å². The molecule has 5 atom stereocenters. The number of rotatable bonds is 37. The lowest BCUT2D eigenvalue weighted by Gasteiger charge is -2.26. The van der Waals surface area contributed by atoms with E-state index in [0.29, 0.717) is 43.1 Å². The van der Waals surface area contributed by atoms with Crippen LogP contribution in [0.1, 0.15) is 142 Å². The molecule has 0 saturated heterocycles. The van der Waals surface area contributed by atoms with Crippen LogP contribution in [0.25, 0.3) is 0 Å². The van der Waals surface area contributed by atoms with Crippen LogP contribution in [0.4, 0.5) is 0 Å². The number of nitrogens with zero attached hydrogens (tertiary/aromatic N) is 1. The highest BCUT2D eigenvalue weighted by Gasteiger charge is 2.28. The molecule has 324 valence electrons. The molecule has 0 radical (unpaired) electrons. The Kier molecular flexibility index (Phi) is 34.6. The number of carbonyl (C=O) groups excluding carboxylic acids is 1. The minimum Gasteiger partial charge on any atom is -0.391 e. The summed E-state index contributed by atoms with van der Waals surface area (Å²) >= 11 is 0. The van der Waals surface area contributed by atoms with Crippen molar-refractivity contribution in [3.63, 3.8) is 0 Å². The standard InChI is InChI=1S/C45H81N2O8P/c1-6-8-10-11-12-13-14-15-16-17-18-22-30-36-44(50)43(40-55-56(52,53)54-39-38-47(3,4)5)46-45(51)37-31-23-20-19-21-27-33-42(49)35-29-25-24-28-34-41(48)32-26-9-7-2/h9,20-21,23-29,34-35,41-44,48-50H,6-8,10-19,22,30-33,36-40H2,1-5H3,(H-,46,51,52,53)/p+1/b23-20-,25-24-,26-9-,27-21-,34-28+,35-29+/t41-,42+,43-,44+/m0/s1. The van der Waals surface area contributed by atoms with Gasteiger partial charge >= 0.3 is 7.82 Å². The smallest absolute Gasteiger partial charge is 0.391 e. The third kappa shape index (κ3) is 37.4. The third-order valence-corrected chi connectivity index (χ3v) is 10.1. The number of hydrogen-bond acceptors (Lipinski definition) is 7. The van der Waals surface area contributed by atoms with Gasteiger partial charge in [-0.1, -0.05) is 170 Å². The summed E-state index contributed by atoms with van der Waals surface area (Å²) in [7, 11) is 1.49. The zero-order valence-corrected chi connectivity index (χ0v) is 36.7. The fourth-order valence-corrected chi connectivity index (χ4v) is 6.39. The van der Waals surface area contributed by atoms with Crippen LogP contribution >= 0.6 is 7.82 Å². The highest BCUT2D eigenvalue weighted by Crippen LogP contribution is 2.43. The number of unbranched alkanes of at least 4 members (excludes halogenated alkanes) is 12. The number of aliphatic hydroxyl groups excluding tert-OH is 3. The van der Waals surface area contributed by atoms with Crippen LogP contribution in [0, 0.1) is 0 Å². The second-order valence-corrected chi connectivity index (χ2v) is 17.2. The maximum Gasteiger partial charge on any atom is 0.472 e. The average Bonchev–Trinajstić information content (AvgIpc) is 3.13. The van der Waals surface area contributed by atoms with E-state index >= 15 is 0 Å². The maximum absolute atomic E-state index is 12.8. The predicted molar refractivity (Wildman–Crippen MR) is 233 cm³/mol. The van der Waals surface area contributed by atoms with Crippen molar-refractivity contribution >= 4 is 13.7 Å². The van der Waals surface area contributed by atoms with Gasteiger partial charge in [-0.05, 0) is 38.5 Å². The minimum absolute atomic E-state index is 0.0373. The summed E-state index contributed by atoms with van der Waals surface area (Å²) in [6, 6.07) is -0.840. The van der Waals surface area contributed by atoms with E-state index in [1.54, 1.807) is 24.3 Å². The quantitative estimate of drug-likeness (QED) is 0.0137. The van der Waals surface area contributed by atoms with Crippen molar-refractivity contribution in [3.05, 3.63) is 72.9 Å². The number of likely N-dealkylation sites (N-methyl/N-ethyl adjacent to an activating group) is 1. The number of nitrogens with one attached hydrogen (secondary N) is 1. The molecule has 5 N–H and O–H groups in total. The fourth-order valence-electron chi connectivity index (χ4n) is 5.65. The van der Waals surface area contributed by atoms with Crippen molar-refractivity contribution < 1.29 is 43.1 Å². The van der Waals surface area contributed by atoms with E-state index in [0.717, 1.165) is 25.7 Å². The zero-order valence-electron chi connectivity index (χ0n) is 35.8. The first-order chi connectivity index (χ1) is 26.8. The van der Waals surface area contributed by atoms with E-state index in [9.17, 15) is 29.6 Å². The minimum atomic E-state index is -4.36. The second kappa shape index (κ2) is 36.0. The second-order valence-electron chi connectivity index (χ2n) is 15.7. The third-order valence-electron chi connectivity index (χ3n) is 9.15. The molecule has 0 heterocycles. The molecule has 0 aliphatic rings. The van der Waals surface area contributed by atoms with E-state index < -0.39 is 32.2 Å². The van der Waals surface area contributed by atoms with Crippen LogP contribution in [0.5, 0.6) is 0 Å². The Bertz CT molecular complexity index is 1180. The van der Waals surface area contributed by atoms with Crippen LogP contribution < -0.4 is 5.32 Å². The average molecular weight is 810 g/mol. The van der Waals surface area contributed by atoms with Gasteiger partial charge in [-0.15, -0.1) is 0 Å². The molecule has 0 aromatic heterocycles. The Balaban J connectivity index is 4.66. The molecule has 0 fully saturated rings. The Hall–Kier alpha value is -2.14. The number of phosphoric acid groups is 1. The van der Waals surface area contributed by atoms with Crippen molar-refractivity contribution in [2.45, 2.75) is 167 Å². The van der Waals surface area contributed by atoms with Gasteiger partial charge in [-0.25, -0.2) is 4.57 Å². The van der Waals surface area contributed by atoms with Gasteiger partial charge < -0.3 is 30.0 Å². The fraction of sp³-hybridized carbons (Fsp3) is 0.711. The van der Waals surface area contributed by atoms with Gasteiger partial charge in [0.1, 0.15) is 13.2 Å². The van der Waals surface area contributed by atoms with Gasteiger partial charge in [0.2, 0.25) is 5.91 Å². The van der Waals surface area contributed by atoms with Gasteiger partial charge in [0, 0.05) is 6.42 Å². The molecule has 0 bridgehead atoms. The number of phosphoric ester groups is 1. The SMILES string of the molecule is CC/C=C\C[C@H](O)/C=C/C=C\C=C\[C@H](O)C/C=C\C/C=C\CCC(=O)N[C@@H](COP(=O)(O)OCC[N+](C)(C)C)[C@H](O)CCCCCCCCCCCCCCC. The summed E-state index contributed by atoms with van der Waals surface area (Å²) in [5.74, 6) is -0.276. The molecule has 0 aliphatic carbocycles. The zero-order chi connectivity index (χ0) is 41.8. The van der Waals surface area contributed by atoms with Crippen molar-refractivity contribution in [1.82, 2.24) is 5.32 Å². The van der Waals surface area contributed by atoms with Gasteiger partial charge in [-0.2, -0.15) is 0 Å². The summed E-state index contributed by atoms with van der Waals surface area (Å²) < 4.78 is 23.5. The topological polar surface area (TPSA) is 146 Å². The highest BCUT2D eigenvalue weighted by molar-refractivity contribution is 7.47. The molecule has 0 saturated carbocycles.